The second kappa shape index (κ2) is 14.6. The number of piperazine rings is 1. The van der Waals surface area contributed by atoms with Crippen molar-refractivity contribution in [2.75, 3.05) is 37.6 Å². The molecule has 1 aliphatic heterocycles. The highest BCUT2D eigenvalue weighted by Gasteiger charge is 2.20. The van der Waals surface area contributed by atoms with Gasteiger partial charge in [-0.15, -0.1) is 0 Å². The van der Waals surface area contributed by atoms with E-state index in [9.17, 15) is 13.6 Å². The summed E-state index contributed by atoms with van der Waals surface area (Å²) in [6.45, 7) is 13.9. The summed E-state index contributed by atoms with van der Waals surface area (Å²) in [6, 6.07) is 12.0. The van der Waals surface area contributed by atoms with Crippen molar-refractivity contribution in [2.24, 2.45) is 0 Å². The average Bonchev–Trinajstić information content (AvgIpc) is 2.79. The highest BCUT2D eigenvalue weighted by Crippen LogP contribution is 2.22. The lowest BCUT2D eigenvalue weighted by atomic mass is 10.1. The number of hydrogen-bond donors (Lipinski definition) is 2. The molecule has 0 bridgehead atoms. The van der Waals surface area contributed by atoms with Crippen molar-refractivity contribution in [3.8, 4) is 0 Å². The first-order valence-corrected chi connectivity index (χ1v) is 12.5. The van der Waals surface area contributed by atoms with Crippen molar-refractivity contribution in [1.82, 2.24) is 15.8 Å². The van der Waals surface area contributed by atoms with Crippen molar-refractivity contribution in [3.05, 3.63) is 71.3 Å². The van der Waals surface area contributed by atoms with Crippen LogP contribution in [0.5, 0.6) is 0 Å². The van der Waals surface area contributed by atoms with Gasteiger partial charge in [-0.05, 0) is 44.0 Å². The number of hydrazine groups is 1. The van der Waals surface area contributed by atoms with E-state index in [0.29, 0.717) is 25.3 Å². The van der Waals surface area contributed by atoms with E-state index in [0.717, 1.165) is 31.3 Å². The number of carbonyl (C=O) groups excluding carboxylic acids is 1. The Morgan fingerprint density at radius 3 is 2.39 bits per heavy atom. The first kappa shape index (κ1) is 29.3. The van der Waals surface area contributed by atoms with Crippen LogP contribution in [0.4, 0.5) is 19.3 Å². The molecule has 0 saturated carbocycles. The van der Waals surface area contributed by atoms with Crippen LogP contribution in [-0.4, -0.2) is 49.3 Å². The van der Waals surface area contributed by atoms with Gasteiger partial charge in [0, 0.05) is 45.3 Å². The standard InChI is InChI=1S/C25H32F2N4O2.C3H8/c1-25(2,3)33-24(32)29-28-11-5-8-19-6-4-7-20(16-19)18-30-12-14-31(15-13-30)23-10-9-21(26)17-22(23)27;1-3-2/h4-10,16-17,28H,11-15,18H2,1-3H3,(H,29,32);3H2,1-2H3/b8-5+;. The number of nitrogens with zero attached hydrogens (tertiary/aromatic N) is 2. The predicted octanol–water partition coefficient (Wildman–Crippen LogP) is 5.75. The number of benzene rings is 2. The van der Waals surface area contributed by atoms with Crippen LogP contribution in [0.25, 0.3) is 6.08 Å². The van der Waals surface area contributed by atoms with Gasteiger partial charge in [-0.25, -0.2) is 19.0 Å². The van der Waals surface area contributed by atoms with Gasteiger partial charge in [0.15, 0.2) is 0 Å². The number of amides is 1. The molecule has 36 heavy (non-hydrogen) atoms. The molecule has 8 heteroatoms. The molecule has 6 nitrogen and oxygen atoms in total. The summed E-state index contributed by atoms with van der Waals surface area (Å²) in [5, 5.41) is 0. The molecular formula is C28H40F2N4O2. The Balaban J connectivity index is 0.00000145. The molecular weight excluding hydrogens is 462 g/mol. The topological polar surface area (TPSA) is 56.8 Å². The minimum absolute atomic E-state index is 0.456. The summed E-state index contributed by atoms with van der Waals surface area (Å²) in [6.07, 6.45) is 4.65. The maximum Gasteiger partial charge on any atom is 0.422 e. The summed E-state index contributed by atoms with van der Waals surface area (Å²) in [7, 11) is 0. The molecule has 0 radical (unpaired) electrons. The number of anilines is 1. The number of carbonyl (C=O) groups is 1. The van der Waals surface area contributed by atoms with Crippen LogP contribution >= 0.6 is 0 Å². The molecule has 3 rings (SSSR count). The van der Waals surface area contributed by atoms with Crippen molar-refractivity contribution >= 4 is 17.9 Å². The Kier molecular flexibility index (Phi) is 11.8. The fraction of sp³-hybridized carbons (Fsp3) is 0.464. The molecule has 0 aliphatic carbocycles. The third-order valence-electron chi connectivity index (χ3n) is 5.10. The maximum absolute atomic E-state index is 14.0. The van der Waals surface area contributed by atoms with Crippen LogP contribution in [-0.2, 0) is 11.3 Å². The zero-order valence-corrected chi connectivity index (χ0v) is 22.1. The fourth-order valence-corrected chi connectivity index (χ4v) is 3.62. The minimum atomic E-state index is -0.557. The first-order chi connectivity index (χ1) is 17.1. The Morgan fingerprint density at radius 2 is 1.75 bits per heavy atom. The lowest BCUT2D eigenvalue weighted by Gasteiger charge is -2.36. The first-order valence-electron chi connectivity index (χ1n) is 12.5. The Morgan fingerprint density at radius 1 is 1.06 bits per heavy atom. The van der Waals surface area contributed by atoms with Gasteiger partial charge >= 0.3 is 6.09 Å². The lowest BCUT2D eigenvalue weighted by molar-refractivity contribution is 0.0501. The minimum Gasteiger partial charge on any atom is -0.443 e. The van der Waals surface area contributed by atoms with Crippen molar-refractivity contribution in [1.29, 1.82) is 0 Å². The second-order valence-electron chi connectivity index (χ2n) is 9.72. The zero-order valence-electron chi connectivity index (χ0n) is 22.1. The predicted molar refractivity (Wildman–Crippen MR) is 143 cm³/mol. The Hall–Kier alpha value is -2.97. The number of rotatable bonds is 7. The summed E-state index contributed by atoms with van der Waals surface area (Å²) in [4.78, 5) is 15.9. The molecule has 1 saturated heterocycles. The molecule has 0 unspecified atom stereocenters. The average molecular weight is 503 g/mol. The Bertz CT molecular complexity index is 984. The van der Waals surface area contributed by atoms with Crippen molar-refractivity contribution in [3.63, 3.8) is 0 Å². The number of halogens is 2. The molecule has 2 aromatic rings. The van der Waals surface area contributed by atoms with E-state index in [4.69, 9.17) is 4.74 Å². The Labute approximate surface area is 214 Å². The maximum atomic E-state index is 14.0. The van der Waals surface area contributed by atoms with Crippen LogP contribution in [0.3, 0.4) is 0 Å². The van der Waals surface area contributed by atoms with Gasteiger partial charge in [0.1, 0.15) is 17.2 Å². The fourth-order valence-electron chi connectivity index (χ4n) is 3.62. The van der Waals surface area contributed by atoms with E-state index < -0.39 is 23.3 Å². The summed E-state index contributed by atoms with van der Waals surface area (Å²) < 4.78 is 32.4. The van der Waals surface area contributed by atoms with Gasteiger partial charge in [0.25, 0.3) is 0 Å². The summed E-state index contributed by atoms with van der Waals surface area (Å²) in [5.41, 5.74) is 7.49. The molecule has 2 N–H and O–H groups in total. The van der Waals surface area contributed by atoms with Crippen LogP contribution in [0.15, 0.2) is 48.5 Å². The van der Waals surface area contributed by atoms with Gasteiger partial charge in [0.05, 0.1) is 5.69 Å². The van der Waals surface area contributed by atoms with E-state index in [1.165, 1.54) is 24.1 Å². The second-order valence-corrected chi connectivity index (χ2v) is 9.72. The molecule has 2 aromatic carbocycles. The van der Waals surface area contributed by atoms with E-state index in [1.54, 1.807) is 0 Å². The van der Waals surface area contributed by atoms with E-state index >= 15 is 0 Å². The summed E-state index contributed by atoms with van der Waals surface area (Å²) >= 11 is 0. The van der Waals surface area contributed by atoms with Gasteiger partial charge in [-0.2, -0.15) is 0 Å². The molecule has 1 aliphatic rings. The largest absolute Gasteiger partial charge is 0.443 e. The van der Waals surface area contributed by atoms with Crippen molar-refractivity contribution < 1.29 is 18.3 Å². The molecule has 1 fully saturated rings. The van der Waals surface area contributed by atoms with Crippen molar-refractivity contribution in [2.45, 2.75) is 53.2 Å². The number of nitrogens with one attached hydrogen (secondary N) is 2. The quantitative estimate of drug-likeness (QED) is 0.373. The molecule has 0 spiro atoms. The SMILES string of the molecule is CC(C)(C)OC(=O)NNC/C=C/c1cccc(CN2CCN(c3ccc(F)cc3F)CC2)c1.CCC. The number of hydrogen-bond acceptors (Lipinski definition) is 5. The number of ether oxygens (including phenoxy) is 1. The van der Waals surface area contributed by atoms with E-state index in [1.807, 2.05) is 50.0 Å². The van der Waals surface area contributed by atoms with E-state index in [-0.39, 0.29) is 0 Å². The normalized spacial score (nSPS) is 14.4. The zero-order chi connectivity index (χ0) is 26.6. The van der Waals surface area contributed by atoms with Gasteiger partial charge < -0.3 is 9.64 Å². The van der Waals surface area contributed by atoms with E-state index in [2.05, 4.69) is 41.7 Å². The molecule has 1 heterocycles. The summed E-state index contributed by atoms with van der Waals surface area (Å²) in [5.74, 6) is -1.07. The third-order valence-corrected chi connectivity index (χ3v) is 5.10. The van der Waals surface area contributed by atoms with Gasteiger partial charge in [0.2, 0.25) is 0 Å². The highest BCUT2D eigenvalue weighted by atomic mass is 19.1. The molecule has 0 atom stereocenters. The molecule has 1 amide bonds. The highest BCUT2D eigenvalue weighted by molar-refractivity contribution is 5.67. The lowest BCUT2D eigenvalue weighted by Crippen LogP contribution is -2.46. The van der Waals surface area contributed by atoms with Gasteiger partial charge in [-0.3, -0.25) is 10.3 Å². The molecule has 0 aromatic heterocycles. The van der Waals surface area contributed by atoms with Crippen LogP contribution in [0, 0.1) is 11.6 Å². The van der Waals surface area contributed by atoms with Crippen LogP contribution in [0.1, 0.15) is 52.2 Å². The monoisotopic (exact) mass is 502 g/mol. The van der Waals surface area contributed by atoms with Gasteiger partial charge in [-0.1, -0.05) is 56.7 Å². The smallest absolute Gasteiger partial charge is 0.422 e. The van der Waals surface area contributed by atoms with Crippen LogP contribution < -0.4 is 15.8 Å². The third kappa shape index (κ3) is 10.7. The van der Waals surface area contributed by atoms with Crippen LogP contribution in [0.2, 0.25) is 0 Å². The molecule has 198 valence electrons.